The SMILES string of the molecule is COCc1c(CO)nnn1CCC1CCC1. The van der Waals surface area contributed by atoms with Gasteiger partial charge >= 0.3 is 0 Å². The van der Waals surface area contributed by atoms with E-state index < -0.39 is 0 Å². The molecule has 2 rings (SSSR count). The van der Waals surface area contributed by atoms with Crippen molar-refractivity contribution in [3.63, 3.8) is 0 Å². The van der Waals surface area contributed by atoms with Gasteiger partial charge in [-0.25, -0.2) is 4.68 Å². The number of aryl methyl sites for hydroxylation is 1. The summed E-state index contributed by atoms with van der Waals surface area (Å²) in [7, 11) is 1.64. The van der Waals surface area contributed by atoms with Gasteiger partial charge in [0.15, 0.2) is 0 Å². The van der Waals surface area contributed by atoms with E-state index in [4.69, 9.17) is 9.84 Å². The highest BCUT2D eigenvalue weighted by atomic mass is 16.5. The third-order valence-corrected chi connectivity index (χ3v) is 3.32. The lowest BCUT2D eigenvalue weighted by atomic mass is 9.83. The molecule has 1 saturated carbocycles. The third kappa shape index (κ3) is 2.41. The molecule has 0 spiro atoms. The molecule has 0 unspecified atom stereocenters. The van der Waals surface area contributed by atoms with Gasteiger partial charge in [-0.05, 0) is 12.3 Å². The number of aromatic nitrogens is 3. The molecule has 0 aliphatic heterocycles. The summed E-state index contributed by atoms with van der Waals surface area (Å²) in [5.74, 6) is 0.858. The van der Waals surface area contributed by atoms with Gasteiger partial charge in [-0.3, -0.25) is 0 Å². The highest BCUT2D eigenvalue weighted by molar-refractivity contribution is 5.07. The predicted octanol–water partition coefficient (Wildman–Crippen LogP) is 1.11. The van der Waals surface area contributed by atoms with Crippen LogP contribution in [0.2, 0.25) is 0 Å². The van der Waals surface area contributed by atoms with Crippen LogP contribution in [0.3, 0.4) is 0 Å². The zero-order valence-corrected chi connectivity index (χ0v) is 9.72. The molecule has 1 fully saturated rings. The lowest BCUT2D eigenvalue weighted by molar-refractivity contribution is 0.171. The van der Waals surface area contributed by atoms with Crippen LogP contribution in [-0.2, 0) is 24.5 Å². The summed E-state index contributed by atoms with van der Waals surface area (Å²) in [5, 5.41) is 17.1. The minimum Gasteiger partial charge on any atom is -0.390 e. The Hall–Kier alpha value is -0.940. The molecule has 0 amide bonds. The van der Waals surface area contributed by atoms with Gasteiger partial charge < -0.3 is 9.84 Å². The lowest BCUT2D eigenvalue weighted by Crippen LogP contribution is -2.16. The normalized spacial score (nSPS) is 16.4. The fourth-order valence-electron chi connectivity index (χ4n) is 2.05. The number of hydrogen-bond donors (Lipinski definition) is 1. The number of rotatable bonds is 6. The van der Waals surface area contributed by atoms with E-state index in [1.807, 2.05) is 4.68 Å². The smallest absolute Gasteiger partial charge is 0.114 e. The molecule has 1 N–H and O–H groups in total. The number of hydrogen-bond acceptors (Lipinski definition) is 4. The average molecular weight is 225 g/mol. The maximum Gasteiger partial charge on any atom is 0.114 e. The van der Waals surface area contributed by atoms with E-state index in [9.17, 15) is 0 Å². The van der Waals surface area contributed by atoms with Crippen molar-refractivity contribution in [1.29, 1.82) is 0 Å². The standard InChI is InChI=1S/C11H19N3O2/c1-16-8-11-10(7-15)12-13-14(11)6-5-9-3-2-4-9/h9,15H,2-8H2,1H3. The maximum atomic E-state index is 9.12. The number of ether oxygens (including phenoxy) is 1. The Morgan fingerprint density at radius 2 is 2.31 bits per heavy atom. The van der Waals surface area contributed by atoms with E-state index in [0.717, 1.165) is 24.6 Å². The monoisotopic (exact) mass is 225 g/mol. The van der Waals surface area contributed by atoms with Gasteiger partial charge in [0, 0.05) is 13.7 Å². The van der Waals surface area contributed by atoms with E-state index in [0.29, 0.717) is 12.3 Å². The van der Waals surface area contributed by atoms with Crippen molar-refractivity contribution in [1.82, 2.24) is 15.0 Å². The molecule has 90 valence electrons. The van der Waals surface area contributed by atoms with E-state index in [1.165, 1.54) is 19.3 Å². The Labute approximate surface area is 95.4 Å². The highest BCUT2D eigenvalue weighted by Gasteiger charge is 2.18. The zero-order chi connectivity index (χ0) is 11.4. The Morgan fingerprint density at radius 3 is 2.88 bits per heavy atom. The molecule has 1 aromatic rings. The molecule has 0 aromatic carbocycles. The summed E-state index contributed by atoms with van der Waals surface area (Å²) in [6, 6.07) is 0. The van der Waals surface area contributed by atoms with Gasteiger partial charge in [-0.15, -0.1) is 5.10 Å². The molecule has 0 atom stereocenters. The van der Waals surface area contributed by atoms with Crippen LogP contribution in [0.15, 0.2) is 0 Å². The van der Waals surface area contributed by atoms with Gasteiger partial charge in [0.2, 0.25) is 0 Å². The second-order valence-corrected chi connectivity index (χ2v) is 4.38. The quantitative estimate of drug-likeness (QED) is 0.787. The first-order chi connectivity index (χ1) is 7.85. The van der Waals surface area contributed by atoms with Crippen molar-refractivity contribution in [3.8, 4) is 0 Å². The third-order valence-electron chi connectivity index (χ3n) is 3.32. The molecule has 0 radical (unpaired) electrons. The fourth-order valence-corrected chi connectivity index (χ4v) is 2.05. The largest absolute Gasteiger partial charge is 0.390 e. The maximum absolute atomic E-state index is 9.12. The van der Waals surface area contributed by atoms with Crippen LogP contribution < -0.4 is 0 Å². The molecule has 1 heterocycles. The number of nitrogens with zero attached hydrogens (tertiary/aromatic N) is 3. The first-order valence-electron chi connectivity index (χ1n) is 5.86. The molecule has 1 aromatic heterocycles. The molecule has 0 saturated heterocycles. The van der Waals surface area contributed by atoms with Gasteiger partial charge in [0.25, 0.3) is 0 Å². The lowest BCUT2D eigenvalue weighted by Gasteiger charge is -2.25. The van der Waals surface area contributed by atoms with E-state index >= 15 is 0 Å². The van der Waals surface area contributed by atoms with Gasteiger partial charge in [0.05, 0.1) is 18.9 Å². The van der Waals surface area contributed by atoms with Crippen molar-refractivity contribution in [3.05, 3.63) is 11.4 Å². The first kappa shape index (κ1) is 11.5. The zero-order valence-electron chi connectivity index (χ0n) is 9.72. The Balaban J connectivity index is 1.97. The second-order valence-electron chi connectivity index (χ2n) is 4.38. The highest BCUT2D eigenvalue weighted by Crippen LogP contribution is 2.29. The van der Waals surface area contributed by atoms with Gasteiger partial charge in [0.1, 0.15) is 5.69 Å². The van der Waals surface area contributed by atoms with Crippen LogP contribution in [0.1, 0.15) is 37.1 Å². The van der Waals surface area contributed by atoms with E-state index in [2.05, 4.69) is 10.3 Å². The molecule has 1 aliphatic carbocycles. The fraction of sp³-hybridized carbons (Fsp3) is 0.818. The van der Waals surface area contributed by atoms with Crippen LogP contribution >= 0.6 is 0 Å². The first-order valence-corrected chi connectivity index (χ1v) is 5.86. The average Bonchev–Trinajstić information content (AvgIpc) is 2.60. The van der Waals surface area contributed by atoms with E-state index in [1.54, 1.807) is 7.11 Å². The number of aliphatic hydroxyl groups excluding tert-OH is 1. The summed E-state index contributed by atoms with van der Waals surface area (Å²) in [6.45, 7) is 1.28. The molecule has 1 aliphatic rings. The van der Waals surface area contributed by atoms with Crippen molar-refractivity contribution in [2.24, 2.45) is 5.92 Å². The minimum atomic E-state index is -0.0673. The summed E-state index contributed by atoms with van der Waals surface area (Å²) in [4.78, 5) is 0. The van der Waals surface area contributed by atoms with Crippen molar-refractivity contribution < 1.29 is 9.84 Å². The van der Waals surface area contributed by atoms with Crippen molar-refractivity contribution >= 4 is 0 Å². The van der Waals surface area contributed by atoms with Crippen molar-refractivity contribution in [2.75, 3.05) is 7.11 Å². The summed E-state index contributed by atoms with van der Waals surface area (Å²) < 4.78 is 6.97. The van der Waals surface area contributed by atoms with Crippen LogP contribution in [0, 0.1) is 5.92 Å². The summed E-state index contributed by atoms with van der Waals surface area (Å²) in [5.41, 5.74) is 1.54. The van der Waals surface area contributed by atoms with Crippen molar-refractivity contribution in [2.45, 2.75) is 45.4 Å². The molecule has 0 bridgehead atoms. The molecular weight excluding hydrogens is 206 g/mol. The van der Waals surface area contributed by atoms with Gasteiger partial charge in [-0.1, -0.05) is 24.5 Å². The molecule has 16 heavy (non-hydrogen) atoms. The molecule has 5 heteroatoms. The van der Waals surface area contributed by atoms with Crippen LogP contribution in [-0.4, -0.2) is 27.2 Å². The predicted molar refractivity (Wildman–Crippen MR) is 58.6 cm³/mol. The minimum absolute atomic E-state index is 0.0673. The topological polar surface area (TPSA) is 60.2 Å². The summed E-state index contributed by atoms with van der Waals surface area (Å²) in [6.07, 6.45) is 5.22. The van der Waals surface area contributed by atoms with E-state index in [-0.39, 0.29) is 6.61 Å². The molecule has 5 nitrogen and oxygen atoms in total. The number of methoxy groups -OCH3 is 1. The van der Waals surface area contributed by atoms with Crippen LogP contribution in [0.5, 0.6) is 0 Å². The number of aliphatic hydroxyl groups is 1. The van der Waals surface area contributed by atoms with Gasteiger partial charge in [-0.2, -0.15) is 0 Å². The second kappa shape index (κ2) is 5.41. The molecular formula is C11H19N3O2. The Kier molecular flexibility index (Phi) is 3.90. The van der Waals surface area contributed by atoms with Crippen LogP contribution in [0.4, 0.5) is 0 Å². The summed E-state index contributed by atoms with van der Waals surface area (Å²) >= 11 is 0. The Morgan fingerprint density at radius 1 is 1.50 bits per heavy atom. The van der Waals surface area contributed by atoms with Crippen LogP contribution in [0.25, 0.3) is 0 Å². The Bertz CT molecular complexity index is 334.